The first-order chi connectivity index (χ1) is 15.7. The SMILES string of the molecule is CCCCCNC(=O)C1N([C@@H](CO)[C@@H](C)CC)C(=O)[C@@H]2[C@@H](C(=O)NCCC)[C@@]3(C)CCC12O3. The van der Waals surface area contributed by atoms with Crippen molar-refractivity contribution in [3.8, 4) is 0 Å². The van der Waals surface area contributed by atoms with Gasteiger partial charge < -0.3 is 25.4 Å². The van der Waals surface area contributed by atoms with E-state index in [4.69, 9.17) is 4.74 Å². The molecule has 0 aromatic rings. The van der Waals surface area contributed by atoms with Crippen molar-refractivity contribution in [3.63, 3.8) is 0 Å². The molecule has 3 N–H and O–H groups in total. The van der Waals surface area contributed by atoms with Gasteiger partial charge in [0.1, 0.15) is 11.6 Å². The van der Waals surface area contributed by atoms with E-state index in [9.17, 15) is 19.5 Å². The van der Waals surface area contributed by atoms with Crippen molar-refractivity contribution in [1.82, 2.24) is 15.5 Å². The molecule has 33 heavy (non-hydrogen) atoms. The third-order valence-corrected chi connectivity index (χ3v) is 8.22. The van der Waals surface area contributed by atoms with E-state index in [0.29, 0.717) is 25.9 Å². The molecule has 0 aliphatic carbocycles. The summed E-state index contributed by atoms with van der Waals surface area (Å²) in [5, 5.41) is 16.3. The third kappa shape index (κ3) is 4.29. The van der Waals surface area contributed by atoms with Crippen molar-refractivity contribution in [2.45, 2.75) is 103 Å². The van der Waals surface area contributed by atoms with Gasteiger partial charge in [-0.1, -0.05) is 47.0 Å². The Kier molecular flexibility index (Phi) is 8.10. The lowest BCUT2D eigenvalue weighted by atomic mass is 9.66. The number of ether oxygens (including phenoxy) is 1. The lowest BCUT2D eigenvalue weighted by Gasteiger charge is -2.39. The molecular formula is C25H43N3O5. The van der Waals surface area contributed by atoms with E-state index < -0.39 is 35.1 Å². The minimum Gasteiger partial charge on any atom is -0.394 e. The van der Waals surface area contributed by atoms with Gasteiger partial charge in [0.25, 0.3) is 0 Å². The number of likely N-dealkylation sites (tertiary alicyclic amines) is 1. The highest BCUT2D eigenvalue weighted by Gasteiger charge is 2.78. The zero-order valence-electron chi connectivity index (χ0n) is 21.0. The molecule has 0 aromatic carbocycles. The van der Waals surface area contributed by atoms with Gasteiger partial charge in [-0.3, -0.25) is 14.4 Å². The Morgan fingerprint density at radius 3 is 2.42 bits per heavy atom. The molecule has 3 aliphatic heterocycles. The van der Waals surface area contributed by atoms with E-state index in [1.165, 1.54) is 0 Å². The molecule has 0 radical (unpaired) electrons. The summed E-state index contributed by atoms with van der Waals surface area (Å²) < 4.78 is 6.59. The first-order valence-corrected chi connectivity index (χ1v) is 12.9. The van der Waals surface area contributed by atoms with Crippen LogP contribution in [0.4, 0.5) is 0 Å². The molecule has 3 fully saturated rings. The van der Waals surface area contributed by atoms with E-state index in [0.717, 1.165) is 32.1 Å². The molecule has 2 bridgehead atoms. The summed E-state index contributed by atoms with van der Waals surface area (Å²) in [5.74, 6) is -1.98. The number of carbonyl (C=O) groups excluding carboxylic acids is 3. The highest BCUT2D eigenvalue weighted by Crippen LogP contribution is 2.63. The number of amides is 3. The number of nitrogens with zero attached hydrogens (tertiary/aromatic N) is 1. The van der Waals surface area contributed by atoms with Crippen LogP contribution in [0.1, 0.15) is 79.6 Å². The van der Waals surface area contributed by atoms with Crippen LogP contribution in [0.5, 0.6) is 0 Å². The van der Waals surface area contributed by atoms with Gasteiger partial charge in [-0.05, 0) is 38.5 Å². The lowest BCUT2D eigenvalue weighted by molar-refractivity contribution is -0.151. The second-order valence-electron chi connectivity index (χ2n) is 10.4. The topological polar surface area (TPSA) is 108 Å². The van der Waals surface area contributed by atoms with Gasteiger partial charge in [-0.15, -0.1) is 0 Å². The molecule has 2 unspecified atom stereocenters. The smallest absolute Gasteiger partial charge is 0.245 e. The van der Waals surface area contributed by atoms with Crippen molar-refractivity contribution in [2.24, 2.45) is 17.8 Å². The number of carbonyl (C=O) groups is 3. The van der Waals surface area contributed by atoms with Gasteiger partial charge in [0.2, 0.25) is 17.7 Å². The number of nitrogens with one attached hydrogen (secondary N) is 2. The Morgan fingerprint density at radius 2 is 1.82 bits per heavy atom. The summed E-state index contributed by atoms with van der Waals surface area (Å²) >= 11 is 0. The highest BCUT2D eigenvalue weighted by atomic mass is 16.5. The maximum atomic E-state index is 14.0. The molecule has 3 amide bonds. The Bertz CT molecular complexity index is 746. The number of aliphatic hydroxyl groups is 1. The zero-order chi connectivity index (χ0) is 24.4. The summed E-state index contributed by atoms with van der Waals surface area (Å²) in [6, 6.07) is -1.34. The fraction of sp³-hybridized carbons (Fsp3) is 0.880. The van der Waals surface area contributed by atoms with Crippen LogP contribution in [0, 0.1) is 17.8 Å². The highest BCUT2D eigenvalue weighted by molar-refractivity contribution is 5.99. The minimum absolute atomic E-state index is 0.00437. The van der Waals surface area contributed by atoms with Gasteiger partial charge in [0, 0.05) is 13.1 Å². The quantitative estimate of drug-likeness (QED) is 0.382. The van der Waals surface area contributed by atoms with Gasteiger partial charge in [-0.2, -0.15) is 0 Å². The normalized spacial score (nSPS) is 34.3. The van der Waals surface area contributed by atoms with E-state index in [2.05, 4.69) is 17.6 Å². The van der Waals surface area contributed by atoms with E-state index in [1.54, 1.807) is 4.90 Å². The van der Waals surface area contributed by atoms with Gasteiger partial charge in [0.15, 0.2) is 0 Å². The van der Waals surface area contributed by atoms with Crippen LogP contribution < -0.4 is 10.6 Å². The predicted octanol–water partition coefficient (Wildman–Crippen LogP) is 1.99. The van der Waals surface area contributed by atoms with E-state index in [-0.39, 0.29) is 30.2 Å². The third-order valence-electron chi connectivity index (χ3n) is 8.22. The molecular weight excluding hydrogens is 422 g/mol. The summed E-state index contributed by atoms with van der Waals surface area (Å²) in [4.78, 5) is 42.4. The first-order valence-electron chi connectivity index (χ1n) is 12.9. The number of hydrogen-bond donors (Lipinski definition) is 3. The summed E-state index contributed by atoms with van der Waals surface area (Å²) in [6.45, 7) is 10.8. The molecule has 3 rings (SSSR count). The minimum atomic E-state index is -1.03. The second kappa shape index (κ2) is 10.3. The average Bonchev–Trinajstić information content (AvgIpc) is 3.36. The Morgan fingerprint density at radius 1 is 1.12 bits per heavy atom. The molecule has 0 aromatic heterocycles. The van der Waals surface area contributed by atoms with Crippen molar-refractivity contribution in [3.05, 3.63) is 0 Å². The van der Waals surface area contributed by atoms with Crippen LogP contribution in [-0.4, -0.2) is 70.7 Å². The number of rotatable bonds is 12. The van der Waals surface area contributed by atoms with Crippen LogP contribution in [0.25, 0.3) is 0 Å². The van der Waals surface area contributed by atoms with Crippen LogP contribution in [-0.2, 0) is 19.1 Å². The van der Waals surface area contributed by atoms with Crippen molar-refractivity contribution in [2.75, 3.05) is 19.7 Å². The fourth-order valence-electron chi connectivity index (χ4n) is 6.28. The van der Waals surface area contributed by atoms with Crippen LogP contribution in [0.3, 0.4) is 0 Å². The summed E-state index contributed by atoms with van der Waals surface area (Å²) in [5.41, 5.74) is -1.80. The molecule has 3 heterocycles. The Balaban J connectivity index is 2.00. The average molecular weight is 466 g/mol. The molecule has 3 aliphatic rings. The maximum Gasteiger partial charge on any atom is 0.245 e. The number of hydrogen-bond acceptors (Lipinski definition) is 5. The van der Waals surface area contributed by atoms with Gasteiger partial charge in [-0.25, -0.2) is 0 Å². The fourth-order valence-corrected chi connectivity index (χ4v) is 6.28. The molecule has 8 nitrogen and oxygen atoms in total. The van der Waals surface area contributed by atoms with Crippen molar-refractivity contribution < 1.29 is 24.2 Å². The second-order valence-corrected chi connectivity index (χ2v) is 10.4. The first kappa shape index (κ1) is 25.9. The predicted molar refractivity (Wildman–Crippen MR) is 125 cm³/mol. The van der Waals surface area contributed by atoms with Crippen molar-refractivity contribution >= 4 is 17.7 Å². The Labute approximate surface area is 198 Å². The number of unbranched alkanes of at least 4 members (excludes halogenated alkanes) is 2. The molecule has 7 atom stereocenters. The Hall–Kier alpha value is -1.67. The summed E-state index contributed by atoms with van der Waals surface area (Å²) in [7, 11) is 0. The number of fused-ring (bicyclic) bond motifs is 1. The van der Waals surface area contributed by atoms with E-state index >= 15 is 0 Å². The largest absolute Gasteiger partial charge is 0.394 e. The maximum absolute atomic E-state index is 14.0. The number of aliphatic hydroxyl groups excluding tert-OH is 1. The van der Waals surface area contributed by atoms with Crippen LogP contribution in [0.2, 0.25) is 0 Å². The standard InChI is InChI=1S/C25H43N3O5/c1-6-9-10-14-27-22(31)20-25-12-11-24(5,33-25)18(21(30)26-13-7-2)19(25)23(32)28(20)17(15-29)16(4)8-3/h16-20,29H,6-15H2,1-5H3,(H,26,30)(H,27,31)/t16-,17-,18-,19-,20?,24+,25?/m0/s1. The molecule has 3 saturated heterocycles. The monoisotopic (exact) mass is 465 g/mol. The van der Waals surface area contributed by atoms with Crippen LogP contribution in [0.15, 0.2) is 0 Å². The molecule has 1 spiro atoms. The zero-order valence-corrected chi connectivity index (χ0v) is 21.0. The molecule has 8 heteroatoms. The van der Waals surface area contributed by atoms with Crippen molar-refractivity contribution in [1.29, 1.82) is 0 Å². The van der Waals surface area contributed by atoms with E-state index in [1.807, 2.05) is 27.7 Å². The molecule has 188 valence electrons. The summed E-state index contributed by atoms with van der Waals surface area (Å²) in [6.07, 6.45) is 5.68. The van der Waals surface area contributed by atoms with Crippen LogP contribution >= 0.6 is 0 Å². The lowest BCUT2D eigenvalue weighted by Crippen LogP contribution is -2.59. The van der Waals surface area contributed by atoms with Gasteiger partial charge in [0.05, 0.1) is 30.1 Å². The van der Waals surface area contributed by atoms with Gasteiger partial charge >= 0.3 is 0 Å². The molecule has 0 saturated carbocycles.